The van der Waals surface area contributed by atoms with Crippen LogP contribution in [0.3, 0.4) is 0 Å². The molecule has 1 fully saturated rings. The molecule has 86 valence electrons. The van der Waals surface area contributed by atoms with E-state index in [4.69, 9.17) is 9.57 Å². The second kappa shape index (κ2) is 6.33. The Morgan fingerprint density at radius 2 is 2.40 bits per heavy atom. The van der Waals surface area contributed by atoms with Gasteiger partial charge in [0.15, 0.2) is 0 Å². The molecule has 2 amide bonds. The first-order chi connectivity index (χ1) is 7.24. The van der Waals surface area contributed by atoms with E-state index in [2.05, 4.69) is 16.1 Å². The van der Waals surface area contributed by atoms with E-state index in [1.165, 1.54) is 0 Å². The second-order valence-corrected chi connectivity index (χ2v) is 3.05. The normalized spacial score (nSPS) is 20.9. The Morgan fingerprint density at radius 1 is 1.60 bits per heavy atom. The number of hydrogen-bond acceptors (Lipinski definition) is 5. The van der Waals surface area contributed by atoms with Crippen LogP contribution in [0.5, 0.6) is 0 Å². The predicted octanol–water partition coefficient (Wildman–Crippen LogP) is -2.23. The summed E-state index contributed by atoms with van der Waals surface area (Å²) in [6.07, 6.45) is 0. The summed E-state index contributed by atoms with van der Waals surface area (Å²) in [5.41, 5.74) is 2.27. The fourth-order valence-electron chi connectivity index (χ4n) is 1.07. The van der Waals surface area contributed by atoms with Gasteiger partial charge in [-0.2, -0.15) is 0 Å². The standard InChI is InChI=1S/C8H15N3O4/c1-14-2-3-15-11-8(13)6-4-10-7(12)5-9-6/h6,9H,2-5H2,1H3,(H,10,12)(H,11,13). The van der Waals surface area contributed by atoms with Crippen molar-refractivity contribution in [1.82, 2.24) is 16.1 Å². The Balaban J connectivity index is 2.14. The summed E-state index contributed by atoms with van der Waals surface area (Å²) in [4.78, 5) is 27.0. The maximum Gasteiger partial charge on any atom is 0.262 e. The van der Waals surface area contributed by atoms with Crippen molar-refractivity contribution < 1.29 is 19.2 Å². The maximum atomic E-state index is 11.4. The van der Waals surface area contributed by atoms with E-state index in [0.29, 0.717) is 13.2 Å². The van der Waals surface area contributed by atoms with E-state index in [9.17, 15) is 9.59 Å². The van der Waals surface area contributed by atoms with Crippen molar-refractivity contribution in [3.63, 3.8) is 0 Å². The van der Waals surface area contributed by atoms with Crippen LogP contribution in [-0.4, -0.2) is 51.3 Å². The second-order valence-electron chi connectivity index (χ2n) is 3.05. The number of amides is 2. The van der Waals surface area contributed by atoms with Crippen LogP contribution in [0, 0.1) is 0 Å². The van der Waals surface area contributed by atoms with E-state index >= 15 is 0 Å². The van der Waals surface area contributed by atoms with Crippen LogP contribution in [0.4, 0.5) is 0 Å². The molecule has 1 heterocycles. The van der Waals surface area contributed by atoms with Gasteiger partial charge in [0.25, 0.3) is 5.91 Å². The van der Waals surface area contributed by atoms with E-state index in [0.717, 1.165) is 0 Å². The minimum absolute atomic E-state index is 0.112. The van der Waals surface area contributed by atoms with Crippen molar-refractivity contribution in [3.8, 4) is 0 Å². The van der Waals surface area contributed by atoms with Crippen LogP contribution in [0.2, 0.25) is 0 Å². The molecule has 1 unspecified atom stereocenters. The Morgan fingerprint density at radius 3 is 3.00 bits per heavy atom. The largest absolute Gasteiger partial charge is 0.382 e. The zero-order valence-corrected chi connectivity index (χ0v) is 8.54. The molecule has 0 saturated carbocycles. The van der Waals surface area contributed by atoms with Gasteiger partial charge in [-0.05, 0) is 0 Å². The van der Waals surface area contributed by atoms with Crippen molar-refractivity contribution >= 4 is 11.8 Å². The Hall–Kier alpha value is -1.18. The number of rotatable bonds is 5. The number of ether oxygens (including phenoxy) is 1. The summed E-state index contributed by atoms with van der Waals surface area (Å²) in [7, 11) is 1.55. The highest BCUT2D eigenvalue weighted by molar-refractivity contribution is 5.86. The first-order valence-corrected chi connectivity index (χ1v) is 4.64. The molecule has 0 aromatic carbocycles. The van der Waals surface area contributed by atoms with Gasteiger partial charge in [-0.1, -0.05) is 0 Å². The molecule has 3 N–H and O–H groups in total. The number of methoxy groups -OCH3 is 1. The highest BCUT2D eigenvalue weighted by atomic mass is 16.7. The zero-order valence-electron chi connectivity index (χ0n) is 8.54. The molecular weight excluding hydrogens is 202 g/mol. The lowest BCUT2D eigenvalue weighted by molar-refractivity contribution is -0.137. The third-order valence-corrected chi connectivity index (χ3v) is 1.89. The summed E-state index contributed by atoms with van der Waals surface area (Å²) in [6, 6.07) is -0.440. The molecule has 1 aliphatic rings. The van der Waals surface area contributed by atoms with Gasteiger partial charge in [0.05, 0.1) is 19.8 Å². The number of piperazine rings is 1. The number of hydroxylamine groups is 1. The smallest absolute Gasteiger partial charge is 0.262 e. The van der Waals surface area contributed by atoms with Crippen LogP contribution in [0.15, 0.2) is 0 Å². The van der Waals surface area contributed by atoms with Crippen LogP contribution >= 0.6 is 0 Å². The molecule has 1 rings (SSSR count). The number of carbonyl (C=O) groups excluding carboxylic acids is 2. The third kappa shape index (κ3) is 4.24. The lowest BCUT2D eigenvalue weighted by Gasteiger charge is -2.22. The maximum absolute atomic E-state index is 11.4. The first kappa shape index (κ1) is 11.9. The minimum Gasteiger partial charge on any atom is -0.382 e. The van der Waals surface area contributed by atoms with Crippen molar-refractivity contribution in [3.05, 3.63) is 0 Å². The van der Waals surface area contributed by atoms with E-state index in [1.807, 2.05) is 0 Å². The van der Waals surface area contributed by atoms with Gasteiger partial charge in [0.1, 0.15) is 6.04 Å². The Kier molecular flexibility index (Phi) is 5.02. The molecule has 15 heavy (non-hydrogen) atoms. The molecule has 0 bridgehead atoms. The topological polar surface area (TPSA) is 88.7 Å². The molecule has 1 atom stereocenters. The van der Waals surface area contributed by atoms with Gasteiger partial charge in [-0.25, -0.2) is 5.48 Å². The van der Waals surface area contributed by atoms with E-state index < -0.39 is 6.04 Å². The zero-order chi connectivity index (χ0) is 11.1. The summed E-state index contributed by atoms with van der Waals surface area (Å²) < 4.78 is 4.73. The summed E-state index contributed by atoms with van der Waals surface area (Å²) in [6.45, 7) is 1.13. The van der Waals surface area contributed by atoms with Crippen molar-refractivity contribution in [2.75, 3.05) is 33.4 Å². The molecule has 1 saturated heterocycles. The van der Waals surface area contributed by atoms with Crippen molar-refractivity contribution in [2.24, 2.45) is 0 Å². The number of hydrogen-bond donors (Lipinski definition) is 3. The average molecular weight is 217 g/mol. The Bertz CT molecular complexity index is 224. The Labute approximate surface area is 87.4 Å². The van der Waals surface area contributed by atoms with Crippen molar-refractivity contribution in [1.29, 1.82) is 0 Å². The SMILES string of the molecule is COCCONC(=O)C1CNC(=O)CN1. The van der Waals surface area contributed by atoms with Gasteiger partial charge in [0, 0.05) is 13.7 Å². The average Bonchev–Trinajstić information content (AvgIpc) is 2.25. The minimum atomic E-state index is -0.440. The first-order valence-electron chi connectivity index (χ1n) is 4.64. The van der Waals surface area contributed by atoms with Crippen LogP contribution in [-0.2, 0) is 19.2 Å². The quantitative estimate of drug-likeness (QED) is 0.358. The van der Waals surface area contributed by atoms with Gasteiger partial charge in [-0.15, -0.1) is 0 Å². The molecule has 0 aromatic heterocycles. The molecule has 0 aromatic rings. The molecule has 0 aliphatic carbocycles. The van der Waals surface area contributed by atoms with Gasteiger partial charge in [0.2, 0.25) is 5.91 Å². The van der Waals surface area contributed by atoms with Crippen LogP contribution in [0.25, 0.3) is 0 Å². The fourth-order valence-corrected chi connectivity index (χ4v) is 1.07. The monoisotopic (exact) mass is 217 g/mol. The highest BCUT2D eigenvalue weighted by Crippen LogP contribution is 1.88. The lowest BCUT2D eigenvalue weighted by atomic mass is 10.2. The summed E-state index contributed by atoms with van der Waals surface area (Å²) in [5.74, 6) is -0.412. The predicted molar refractivity (Wildman–Crippen MR) is 50.8 cm³/mol. The van der Waals surface area contributed by atoms with Crippen LogP contribution in [0.1, 0.15) is 0 Å². The van der Waals surface area contributed by atoms with Crippen molar-refractivity contribution in [2.45, 2.75) is 6.04 Å². The molecule has 7 heteroatoms. The molecule has 7 nitrogen and oxygen atoms in total. The molecule has 1 aliphatic heterocycles. The number of carbonyl (C=O) groups is 2. The van der Waals surface area contributed by atoms with Gasteiger partial charge < -0.3 is 10.1 Å². The molecule has 0 spiro atoms. The lowest BCUT2D eigenvalue weighted by Crippen LogP contribution is -2.58. The summed E-state index contributed by atoms with van der Waals surface area (Å²) >= 11 is 0. The highest BCUT2D eigenvalue weighted by Gasteiger charge is 2.23. The fraction of sp³-hybridized carbons (Fsp3) is 0.750. The molecular formula is C8H15N3O4. The van der Waals surface area contributed by atoms with Crippen LogP contribution < -0.4 is 16.1 Å². The van der Waals surface area contributed by atoms with Gasteiger partial charge in [-0.3, -0.25) is 19.7 Å². The van der Waals surface area contributed by atoms with Gasteiger partial charge >= 0.3 is 0 Å². The number of nitrogens with one attached hydrogen (secondary N) is 3. The third-order valence-electron chi connectivity index (χ3n) is 1.89. The van der Waals surface area contributed by atoms with E-state index in [1.54, 1.807) is 7.11 Å². The summed E-state index contributed by atoms with van der Waals surface area (Å²) in [5, 5.41) is 5.35. The van der Waals surface area contributed by atoms with E-state index in [-0.39, 0.29) is 24.9 Å². The molecule has 0 radical (unpaired) electrons.